The topological polar surface area (TPSA) is 68.1 Å². The number of nitrogens with one attached hydrogen (secondary N) is 1. The Bertz CT molecular complexity index is 446. The fourth-order valence-electron chi connectivity index (χ4n) is 1.91. The van der Waals surface area contributed by atoms with Crippen LogP contribution in [0, 0.1) is 15.5 Å². The molecule has 5 nitrogen and oxygen atoms in total. The lowest BCUT2D eigenvalue weighted by Crippen LogP contribution is -2.33. The summed E-state index contributed by atoms with van der Waals surface area (Å²) in [6, 6.07) is 1.32. The van der Waals surface area contributed by atoms with Crippen molar-refractivity contribution in [1.29, 1.82) is 0 Å². The summed E-state index contributed by atoms with van der Waals surface area (Å²) in [6.45, 7) is 3.01. The largest absolute Gasteiger partial charge is 0.368 e. The Labute approximate surface area is 104 Å². The van der Waals surface area contributed by atoms with Crippen molar-refractivity contribution >= 4 is 23.1 Å². The lowest BCUT2D eigenvalue weighted by molar-refractivity contribution is -0.385. The van der Waals surface area contributed by atoms with Gasteiger partial charge in [-0.05, 0) is 18.3 Å². The van der Waals surface area contributed by atoms with Crippen LogP contribution in [-0.2, 0) is 0 Å². The summed E-state index contributed by atoms with van der Waals surface area (Å²) in [5.74, 6) is 0.519. The molecule has 1 aromatic rings. The highest BCUT2D eigenvalue weighted by atomic mass is 35.5. The Morgan fingerprint density at radius 2 is 2.35 bits per heavy atom. The molecule has 92 valence electrons. The van der Waals surface area contributed by atoms with Crippen molar-refractivity contribution in [2.75, 3.05) is 11.9 Å². The number of rotatable bonds is 4. The monoisotopic (exact) mass is 255 g/mol. The molecule has 1 aliphatic rings. The van der Waals surface area contributed by atoms with E-state index in [-0.39, 0.29) is 5.69 Å². The Morgan fingerprint density at radius 3 is 2.82 bits per heavy atom. The Kier molecular flexibility index (Phi) is 3.19. The second-order valence-electron chi connectivity index (χ2n) is 4.80. The molecule has 0 bridgehead atoms. The van der Waals surface area contributed by atoms with Crippen LogP contribution < -0.4 is 5.32 Å². The zero-order chi connectivity index (χ0) is 12.5. The number of aromatic nitrogens is 1. The number of hydrogen-bond donors (Lipinski definition) is 1. The molecule has 0 unspecified atom stereocenters. The van der Waals surface area contributed by atoms with Crippen molar-refractivity contribution in [3.8, 4) is 0 Å². The van der Waals surface area contributed by atoms with Gasteiger partial charge >= 0.3 is 0 Å². The average molecular weight is 256 g/mol. The molecule has 0 radical (unpaired) electrons. The predicted molar refractivity (Wildman–Crippen MR) is 66.3 cm³/mol. The third-order valence-electron chi connectivity index (χ3n) is 3.28. The molecule has 1 aromatic heterocycles. The summed E-state index contributed by atoms with van der Waals surface area (Å²) in [4.78, 5) is 14.0. The normalized spacial score (nSPS) is 17.3. The molecule has 0 saturated heterocycles. The van der Waals surface area contributed by atoms with Crippen LogP contribution in [0.3, 0.4) is 0 Å². The second-order valence-corrected chi connectivity index (χ2v) is 5.21. The van der Waals surface area contributed by atoms with Gasteiger partial charge in [-0.2, -0.15) is 0 Å². The molecular formula is C11H14ClN3O2. The Hall–Kier alpha value is -1.36. The smallest absolute Gasteiger partial charge is 0.289 e. The summed E-state index contributed by atoms with van der Waals surface area (Å²) < 4.78 is 0. The molecule has 0 spiro atoms. The van der Waals surface area contributed by atoms with E-state index in [0.29, 0.717) is 16.3 Å². The highest BCUT2D eigenvalue weighted by Crippen LogP contribution is 2.40. The zero-order valence-electron chi connectivity index (χ0n) is 9.57. The zero-order valence-corrected chi connectivity index (χ0v) is 10.3. The van der Waals surface area contributed by atoms with Crippen molar-refractivity contribution in [2.45, 2.75) is 26.2 Å². The number of anilines is 1. The molecule has 0 amide bonds. The van der Waals surface area contributed by atoms with E-state index in [4.69, 9.17) is 11.6 Å². The number of nitrogens with zero attached hydrogens (tertiary/aromatic N) is 2. The standard InChI is InChI=1S/C11H14ClN3O2/c1-11(3-2-4-11)7-14-10-9(12)5-8(6-13-10)15(16)17/h5-6H,2-4,7H2,1H3,(H,13,14). The van der Waals surface area contributed by atoms with Crippen molar-refractivity contribution in [2.24, 2.45) is 5.41 Å². The van der Waals surface area contributed by atoms with Gasteiger partial charge < -0.3 is 5.32 Å². The van der Waals surface area contributed by atoms with E-state index in [1.54, 1.807) is 0 Å². The van der Waals surface area contributed by atoms with Crippen LogP contribution in [0.25, 0.3) is 0 Å². The quantitative estimate of drug-likeness (QED) is 0.662. The third-order valence-corrected chi connectivity index (χ3v) is 3.57. The predicted octanol–water partition coefficient (Wildman–Crippen LogP) is 3.25. The van der Waals surface area contributed by atoms with Gasteiger partial charge in [0.15, 0.2) is 0 Å². The molecule has 6 heteroatoms. The van der Waals surface area contributed by atoms with Crippen LogP contribution in [0.1, 0.15) is 26.2 Å². The van der Waals surface area contributed by atoms with E-state index in [0.717, 1.165) is 6.54 Å². The van der Waals surface area contributed by atoms with Crippen LogP contribution in [0.15, 0.2) is 12.3 Å². The van der Waals surface area contributed by atoms with Gasteiger partial charge in [-0.1, -0.05) is 24.9 Å². The van der Waals surface area contributed by atoms with Gasteiger partial charge in [-0.3, -0.25) is 10.1 Å². The van der Waals surface area contributed by atoms with Gasteiger partial charge in [-0.25, -0.2) is 4.98 Å². The van der Waals surface area contributed by atoms with Crippen LogP contribution >= 0.6 is 11.6 Å². The van der Waals surface area contributed by atoms with Crippen molar-refractivity contribution < 1.29 is 4.92 Å². The highest BCUT2D eigenvalue weighted by molar-refractivity contribution is 6.33. The fourth-order valence-corrected chi connectivity index (χ4v) is 2.14. The van der Waals surface area contributed by atoms with E-state index in [2.05, 4.69) is 17.2 Å². The maximum atomic E-state index is 10.5. The summed E-state index contributed by atoms with van der Waals surface area (Å²) in [6.07, 6.45) is 4.88. The van der Waals surface area contributed by atoms with E-state index >= 15 is 0 Å². The van der Waals surface area contributed by atoms with Crippen LogP contribution in [-0.4, -0.2) is 16.5 Å². The molecule has 2 rings (SSSR count). The van der Waals surface area contributed by atoms with Gasteiger partial charge in [0, 0.05) is 12.6 Å². The van der Waals surface area contributed by atoms with Crippen molar-refractivity contribution in [3.63, 3.8) is 0 Å². The molecule has 0 aromatic carbocycles. The van der Waals surface area contributed by atoms with E-state index < -0.39 is 4.92 Å². The molecule has 1 heterocycles. The first kappa shape index (κ1) is 12.1. The van der Waals surface area contributed by atoms with E-state index in [9.17, 15) is 10.1 Å². The number of hydrogen-bond acceptors (Lipinski definition) is 4. The Morgan fingerprint density at radius 1 is 1.65 bits per heavy atom. The minimum absolute atomic E-state index is 0.0876. The first-order valence-corrected chi connectivity index (χ1v) is 5.92. The van der Waals surface area contributed by atoms with Crippen LogP contribution in [0.2, 0.25) is 5.02 Å². The third kappa shape index (κ3) is 2.66. The first-order chi connectivity index (χ1) is 8.00. The van der Waals surface area contributed by atoms with Crippen LogP contribution in [0.5, 0.6) is 0 Å². The first-order valence-electron chi connectivity index (χ1n) is 5.54. The van der Waals surface area contributed by atoms with Gasteiger partial charge in [0.05, 0.1) is 9.95 Å². The summed E-state index contributed by atoms with van der Waals surface area (Å²) in [7, 11) is 0. The molecule has 1 N–H and O–H groups in total. The lowest BCUT2D eigenvalue weighted by atomic mass is 9.70. The van der Waals surface area contributed by atoms with Crippen molar-refractivity contribution in [1.82, 2.24) is 4.98 Å². The molecular weight excluding hydrogens is 242 g/mol. The molecule has 1 aliphatic carbocycles. The van der Waals surface area contributed by atoms with E-state index in [1.165, 1.54) is 31.5 Å². The van der Waals surface area contributed by atoms with Crippen molar-refractivity contribution in [3.05, 3.63) is 27.4 Å². The number of nitro groups is 1. The Balaban J connectivity index is 2.03. The van der Waals surface area contributed by atoms with Gasteiger partial charge in [0.1, 0.15) is 12.0 Å². The van der Waals surface area contributed by atoms with Gasteiger partial charge in [0.25, 0.3) is 5.69 Å². The lowest BCUT2D eigenvalue weighted by Gasteiger charge is -2.38. The van der Waals surface area contributed by atoms with Crippen LogP contribution in [0.4, 0.5) is 11.5 Å². The minimum Gasteiger partial charge on any atom is -0.368 e. The second kappa shape index (κ2) is 4.49. The molecule has 17 heavy (non-hydrogen) atoms. The number of halogens is 1. The summed E-state index contributed by atoms with van der Waals surface area (Å²) in [5, 5.41) is 14.0. The summed E-state index contributed by atoms with van der Waals surface area (Å²) >= 11 is 5.93. The molecule has 1 fully saturated rings. The average Bonchev–Trinajstić information content (AvgIpc) is 2.24. The molecule has 0 aliphatic heterocycles. The maximum Gasteiger partial charge on any atom is 0.289 e. The van der Waals surface area contributed by atoms with E-state index in [1.807, 2.05) is 0 Å². The minimum atomic E-state index is -0.504. The molecule has 0 atom stereocenters. The summed E-state index contributed by atoms with van der Waals surface area (Å²) in [5.41, 5.74) is 0.225. The highest BCUT2D eigenvalue weighted by Gasteiger charge is 2.31. The fraction of sp³-hybridized carbons (Fsp3) is 0.545. The number of pyridine rings is 1. The SMILES string of the molecule is CC1(CNc2ncc([N+](=O)[O-])cc2Cl)CCC1. The van der Waals surface area contributed by atoms with Gasteiger partial charge in [0.2, 0.25) is 0 Å². The molecule has 1 saturated carbocycles. The maximum absolute atomic E-state index is 10.5. The van der Waals surface area contributed by atoms with Gasteiger partial charge in [-0.15, -0.1) is 0 Å².